The Morgan fingerprint density at radius 1 is 1.20 bits per heavy atom. The van der Waals surface area contributed by atoms with E-state index in [0.717, 1.165) is 21.9 Å². The van der Waals surface area contributed by atoms with Gasteiger partial charge in [-0.15, -0.1) is 0 Å². The van der Waals surface area contributed by atoms with E-state index in [1.807, 2.05) is 36.4 Å². The highest BCUT2D eigenvalue weighted by atomic mass is 16.6. The topological polar surface area (TPSA) is 43.1 Å². The second-order valence-electron chi connectivity index (χ2n) is 3.87. The first kappa shape index (κ1) is 8.41. The molecule has 3 nitrogen and oxygen atoms in total. The van der Waals surface area contributed by atoms with Gasteiger partial charge in [-0.2, -0.15) is 0 Å². The Morgan fingerprint density at radius 2 is 1.93 bits per heavy atom. The van der Waals surface area contributed by atoms with Crippen LogP contribution in [0.1, 0.15) is 17.2 Å². The standard InChI is InChI=1S/C12H9NO2/c14-13(15)11-7-9-5-1-3-8-4-2-6-10(11)12(8)9/h1-6,11H,7H2. The van der Waals surface area contributed by atoms with Crippen LogP contribution in [0.3, 0.4) is 0 Å². The molecule has 3 heteroatoms. The number of rotatable bonds is 1. The van der Waals surface area contributed by atoms with Crippen molar-refractivity contribution in [3.05, 3.63) is 57.6 Å². The van der Waals surface area contributed by atoms with Gasteiger partial charge in [0.05, 0.1) is 0 Å². The van der Waals surface area contributed by atoms with Gasteiger partial charge >= 0.3 is 0 Å². The number of nitro groups is 1. The third-order valence-electron chi connectivity index (χ3n) is 3.05. The van der Waals surface area contributed by atoms with Crippen LogP contribution in [0, 0.1) is 10.1 Å². The van der Waals surface area contributed by atoms with E-state index in [2.05, 4.69) is 0 Å². The summed E-state index contributed by atoms with van der Waals surface area (Å²) in [4.78, 5) is 10.7. The Kier molecular flexibility index (Phi) is 1.57. The summed E-state index contributed by atoms with van der Waals surface area (Å²) >= 11 is 0. The summed E-state index contributed by atoms with van der Waals surface area (Å²) in [6.07, 6.45) is 0.531. The molecule has 1 aliphatic rings. The molecule has 0 amide bonds. The van der Waals surface area contributed by atoms with Crippen LogP contribution in [0.25, 0.3) is 10.8 Å². The van der Waals surface area contributed by atoms with Crippen molar-refractivity contribution in [3.63, 3.8) is 0 Å². The Hall–Kier alpha value is -1.90. The highest BCUT2D eigenvalue weighted by Gasteiger charge is 2.32. The SMILES string of the molecule is O=[N+]([O-])C1Cc2cccc3cccc1c23. The van der Waals surface area contributed by atoms with Gasteiger partial charge in [-0.1, -0.05) is 36.4 Å². The maximum atomic E-state index is 10.9. The minimum Gasteiger partial charge on any atom is -0.264 e. The molecule has 0 aliphatic heterocycles. The van der Waals surface area contributed by atoms with Crippen molar-refractivity contribution in [1.82, 2.24) is 0 Å². The summed E-state index contributed by atoms with van der Waals surface area (Å²) in [6, 6.07) is 11.2. The fourth-order valence-electron chi connectivity index (χ4n) is 2.40. The number of hydrogen-bond donors (Lipinski definition) is 0. The van der Waals surface area contributed by atoms with E-state index in [4.69, 9.17) is 0 Å². The lowest BCUT2D eigenvalue weighted by molar-refractivity contribution is -0.527. The monoisotopic (exact) mass is 199 g/mol. The lowest BCUT2D eigenvalue weighted by Gasteiger charge is -2.02. The van der Waals surface area contributed by atoms with E-state index in [0.29, 0.717) is 6.42 Å². The Balaban J connectivity index is 2.36. The molecular formula is C12H9NO2. The van der Waals surface area contributed by atoms with Gasteiger partial charge in [0, 0.05) is 16.9 Å². The van der Waals surface area contributed by atoms with Crippen LogP contribution in [0.5, 0.6) is 0 Å². The largest absolute Gasteiger partial charge is 0.264 e. The van der Waals surface area contributed by atoms with Crippen molar-refractivity contribution in [2.45, 2.75) is 12.5 Å². The van der Waals surface area contributed by atoms with Crippen molar-refractivity contribution in [2.75, 3.05) is 0 Å². The van der Waals surface area contributed by atoms with E-state index in [1.54, 1.807) is 0 Å². The van der Waals surface area contributed by atoms with Gasteiger partial charge in [0.25, 0.3) is 0 Å². The average Bonchev–Trinajstić information content (AvgIpc) is 2.61. The second-order valence-corrected chi connectivity index (χ2v) is 3.87. The Bertz CT molecular complexity index is 557. The normalized spacial score (nSPS) is 18.3. The van der Waals surface area contributed by atoms with Crippen LogP contribution in [-0.4, -0.2) is 4.92 Å². The molecule has 2 aromatic carbocycles. The lowest BCUT2D eigenvalue weighted by Crippen LogP contribution is -2.08. The zero-order valence-electron chi connectivity index (χ0n) is 8.01. The summed E-state index contributed by atoms with van der Waals surface area (Å²) in [5.41, 5.74) is 1.97. The van der Waals surface area contributed by atoms with Crippen molar-refractivity contribution in [2.24, 2.45) is 0 Å². The Labute approximate surface area is 86.5 Å². The van der Waals surface area contributed by atoms with Crippen LogP contribution >= 0.6 is 0 Å². The molecule has 1 atom stereocenters. The Morgan fingerprint density at radius 3 is 2.67 bits per heavy atom. The smallest absolute Gasteiger partial charge is 0.242 e. The molecule has 0 radical (unpaired) electrons. The van der Waals surface area contributed by atoms with Crippen LogP contribution in [0.2, 0.25) is 0 Å². The summed E-state index contributed by atoms with van der Waals surface area (Å²) in [6.45, 7) is 0. The predicted molar refractivity (Wildman–Crippen MR) is 57.4 cm³/mol. The summed E-state index contributed by atoms with van der Waals surface area (Å²) in [5, 5.41) is 13.1. The van der Waals surface area contributed by atoms with Crippen LogP contribution in [0.15, 0.2) is 36.4 Å². The third-order valence-corrected chi connectivity index (χ3v) is 3.05. The van der Waals surface area contributed by atoms with Crippen molar-refractivity contribution < 1.29 is 4.92 Å². The number of benzene rings is 2. The summed E-state index contributed by atoms with van der Waals surface area (Å²) < 4.78 is 0. The van der Waals surface area contributed by atoms with Crippen LogP contribution in [-0.2, 0) is 6.42 Å². The highest BCUT2D eigenvalue weighted by molar-refractivity contribution is 5.91. The van der Waals surface area contributed by atoms with Gasteiger partial charge in [0.2, 0.25) is 6.04 Å². The van der Waals surface area contributed by atoms with Gasteiger partial charge in [0.15, 0.2) is 0 Å². The van der Waals surface area contributed by atoms with Crippen molar-refractivity contribution in [1.29, 1.82) is 0 Å². The van der Waals surface area contributed by atoms with Gasteiger partial charge in [-0.05, 0) is 16.3 Å². The van der Waals surface area contributed by atoms with Gasteiger partial charge < -0.3 is 0 Å². The molecule has 2 aromatic rings. The molecular weight excluding hydrogens is 190 g/mol. The van der Waals surface area contributed by atoms with E-state index in [1.165, 1.54) is 0 Å². The molecule has 0 heterocycles. The van der Waals surface area contributed by atoms with Crippen LogP contribution < -0.4 is 0 Å². The minimum absolute atomic E-state index is 0.186. The third kappa shape index (κ3) is 1.06. The molecule has 0 spiro atoms. The van der Waals surface area contributed by atoms with Crippen molar-refractivity contribution in [3.8, 4) is 0 Å². The van der Waals surface area contributed by atoms with E-state index < -0.39 is 6.04 Å². The second kappa shape index (κ2) is 2.79. The molecule has 74 valence electrons. The van der Waals surface area contributed by atoms with Crippen molar-refractivity contribution >= 4 is 10.8 Å². The highest BCUT2D eigenvalue weighted by Crippen LogP contribution is 2.38. The zero-order valence-corrected chi connectivity index (χ0v) is 8.01. The molecule has 0 saturated carbocycles. The molecule has 0 bridgehead atoms. The van der Waals surface area contributed by atoms with Gasteiger partial charge in [-0.25, -0.2) is 0 Å². The molecule has 15 heavy (non-hydrogen) atoms. The summed E-state index contributed by atoms with van der Waals surface area (Å²) in [5.74, 6) is 0. The first-order valence-electron chi connectivity index (χ1n) is 4.91. The molecule has 1 aliphatic carbocycles. The maximum Gasteiger partial charge on any atom is 0.242 e. The van der Waals surface area contributed by atoms with Gasteiger partial charge in [0.1, 0.15) is 0 Å². The van der Waals surface area contributed by atoms with E-state index in [-0.39, 0.29) is 4.92 Å². The molecule has 1 unspecified atom stereocenters. The fraction of sp³-hybridized carbons (Fsp3) is 0.167. The molecule has 0 saturated heterocycles. The molecule has 0 N–H and O–H groups in total. The summed E-state index contributed by atoms with van der Waals surface area (Å²) in [7, 11) is 0. The lowest BCUT2D eigenvalue weighted by atomic mass is 10.1. The average molecular weight is 199 g/mol. The zero-order chi connectivity index (χ0) is 10.4. The predicted octanol–water partition coefficient (Wildman–Crippen LogP) is 2.71. The molecule has 0 fully saturated rings. The molecule has 3 rings (SSSR count). The number of nitrogens with zero attached hydrogens (tertiary/aromatic N) is 1. The number of hydrogen-bond acceptors (Lipinski definition) is 2. The van der Waals surface area contributed by atoms with E-state index in [9.17, 15) is 10.1 Å². The fourth-order valence-corrected chi connectivity index (χ4v) is 2.40. The maximum absolute atomic E-state index is 10.9. The first-order chi connectivity index (χ1) is 7.27. The van der Waals surface area contributed by atoms with E-state index >= 15 is 0 Å². The quantitative estimate of drug-likeness (QED) is 0.523. The molecule has 0 aromatic heterocycles. The first-order valence-corrected chi connectivity index (χ1v) is 4.91. The minimum atomic E-state index is -0.550. The van der Waals surface area contributed by atoms with Crippen LogP contribution in [0.4, 0.5) is 0 Å². The van der Waals surface area contributed by atoms with Gasteiger partial charge in [-0.3, -0.25) is 10.1 Å².